The summed E-state index contributed by atoms with van der Waals surface area (Å²) >= 11 is 0. The van der Waals surface area contributed by atoms with Crippen molar-refractivity contribution in [2.24, 2.45) is 0 Å². The molecule has 0 aliphatic carbocycles. The van der Waals surface area contributed by atoms with Crippen LogP contribution in [0.5, 0.6) is 5.75 Å². The van der Waals surface area contributed by atoms with Crippen LogP contribution in [0.1, 0.15) is 18.4 Å². The van der Waals surface area contributed by atoms with Gasteiger partial charge in [-0.2, -0.15) is 5.26 Å². The lowest BCUT2D eigenvalue weighted by Crippen LogP contribution is -3.27. The Bertz CT molecular complexity index is 447. The molecule has 1 fully saturated rings. The number of piperazine rings is 1. The molecule has 2 N–H and O–H groups in total. The molecule has 0 amide bonds. The first-order valence-corrected chi connectivity index (χ1v) is 7.56. The van der Waals surface area contributed by atoms with E-state index in [4.69, 9.17) is 10.00 Å². The van der Waals surface area contributed by atoms with Gasteiger partial charge < -0.3 is 14.5 Å². The average Bonchev–Trinajstić information content (AvgIpc) is 2.49. The summed E-state index contributed by atoms with van der Waals surface area (Å²) in [5.74, 6) is 0.713. The van der Waals surface area contributed by atoms with Crippen molar-refractivity contribution >= 4 is 0 Å². The molecule has 20 heavy (non-hydrogen) atoms. The summed E-state index contributed by atoms with van der Waals surface area (Å²) in [5.41, 5.74) is 0.625. The minimum absolute atomic E-state index is 0.625. The summed E-state index contributed by atoms with van der Waals surface area (Å²) in [4.78, 5) is 3.39. The predicted molar refractivity (Wildman–Crippen MR) is 78.1 cm³/mol. The first-order chi connectivity index (χ1) is 9.79. The largest absolute Gasteiger partial charge is 0.492 e. The number of nitrogens with zero attached hydrogens (tertiary/aromatic N) is 1. The molecule has 4 heteroatoms. The van der Waals surface area contributed by atoms with Crippen LogP contribution in [-0.4, -0.2) is 46.4 Å². The Morgan fingerprint density at radius 1 is 1.15 bits per heavy atom. The van der Waals surface area contributed by atoms with Gasteiger partial charge >= 0.3 is 0 Å². The highest BCUT2D eigenvalue weighted by Gasteiger charge is 2.18. The van der Waals surface area contributed by atoms with E-state index in [2.05, 4.69) is 13.1 Å². The van der Waals surface area contributed by atoms with Crippen molar-refractivity contribution in [2.75, 3.05) is 46.4 Å². The molecule has 0 bridgehead atoms. The van der Waals surface area contributed by atoms with Crippen LogP contribution in [0.25, 0.3) is 0 Å². The Morgan fingerprint density at radius 3 is 2.65 bits per heavy atom. The Hall–Kier alpha value is -1.57. The summed E-state index contributed by atoms with van der Waals surface area (Å²) in [6, 6.07) is 9.60. The van der Waals surface area contributed by atoms with Crippen LogP contribution in [0.15, 0.2) is 24.3 Å². The fourth-order valence-electron chi connectivity index (χ4n) is 2.62. The van der Waals surface area contributed by atoms with Gasteiger partial charge in [0.15, 0.2) is 0 Å². The second-order valence-corrected chi connectivity index (χ2v) is 5.62. The Morgan fingerprint density at radius 2 is 1.90 bits per heavy atom. The molecule has 0 unspecified atom stereocenters. The molecule has 1 aliphatic rings. The van der Waals surface area contributed by atoms with Crippen molar-refractivity contribution in [1.82, 2.24) is 0 Å². The highest BCUT2D eigenvalue weighted by atomic mass is 16.5. The smallest absolute Gasteiger partial charge is 0.137 e. The number of unbranched alkanes of at least 4 members (excludes halogenated alkanes) is 1. The maximum atomic E-state index is 8.98. The number of para-hydroxylation sites is 1. The minimum atomic E-state index is 0.625. The predicted octanol–water partition coefficient (Wildman–Crippen LogP) is -0.870. The van der Waals surface area contributed by atoms with E-state index < -0.39 is 0 Å². The molecule has 2 rings (SSSR count). The van der Waals surface area contributed by atoms with Crippen LogP contribution < -0.4 is 14.5 Å². The van der Waals surface area contributed by atoms with E-state index in [9.17, 15) is 0 Å². The second kappa shape index (κ2) is 7.88. The zero-order chi connectivity index (χ0) is 14.2. The van der Waals surface area contributed by atoms with Crippen molar-refractivity contribution in [1.29, 1.82) is 5.26 Å². The molecular formula is C16H25N3O+2. The van der Waals surface area contributed by atoms with E-state index >= 15 is 0 Å². The number of hydrogen-bond donors (Lipinski definition) is 2. The molecule has 0 atom stereocenters. The van der Waals surface area contributed by atoms with Gasteiger partial charge in [-0.25, -0.2) is 0 Å². The number of likely N-dealkylation sites (N-methyl/N-ethyl adjacent to an activating group) is 1. The zero-order valence-corrected chi connectivity index (χ0v) is 12.3. The third kappa shape index (κ3) is 4.52. The first-order valence-electron chi connectivity index (χ1n) is 7.56. The van der Waals surface area contributed by atoms with Crippen LogP contribution >= 0.6 is 0 Å². The van der Waals surface area contributed by atoms with Gasteiger partial charge in [-0.1, -0.05) is 12.1 Å². The normalized spacial score (nSPS) is 22.2. The molecule has 0 radical (unpaired) electrons. The number of hydrogen-bond acceptors (Lipinski definition) is 2. The quantitative estimate of drug-likeness (QED) is 0.663. The molecule has 0 aromatic heterocycles. The van der Waals surface area contributed by atoms with Gasteiger partial charge in [-0.05, 0) is 25.0 Å². The van der Waals surface area contributed by atoms with Crippen molar-refractivity contribution in [2.45, 2.75) is 12.8 Å². The highest BCUT2D eigenvalue weighted by Crippen LogP contribution is 2.16. The number of ether oxygens (including phenoxy) is 1. The fraction of sp³-hybridized carbons (Fsp3) is 0.562. The topological polar surface area (TPSA) is 41.9 Å². The van der Waals surface area contributed by atoms with Crippen molar-refractivity contribution < 1.29 is 14.5 Å². The van der Waals surface area contributed by atoms with Crippen LogP contribution in [0.4, 0.5) is 0 Å². The van der Waals surface area contributed by atoms with E-state index in [-0.39, 0.29) is 0 Å². The van der Waals surface area contributed by atoms with Gasteiger partial charge in [-0.3, -0.25) is 0 Å². The van der Waals surface area contributed by atoms with E-state index in [0.717, 1.165) is 6.42 Å². The van der Waals surface area contributed by atoms with Crippen LogP contribution in [-0.2, 0) is 0 Å². The molecule has 1 saturated heterocycles. The summed E-state index contributed by atoms with van der Waals surface area (Å²) < 4.78 is 5.70. The Labute approximate surface area is 121 Å². The summed E-state index contributed by atoms with van der Waals surface area (Å²) in [6.07, 6.45) is 2.26. The average molecular weight is 275 g/mol. The van der Waals surface area contributed by atoms with E-state index in [1.54, 1.807) is 15.9 Å². The molecule has 108 valence electrons. The number of benzene rings is 1. The third-order valence-corrected chi connectivity index (χ3v) is 4.00. The monoisotopic (exact) mass is 275 g/mol. The maximum Gasteiger partial charge on any atom is 0.137 e. The van der Waals surface area contributed by atoms with Gasteiger partial charge in [0.25, 0.3) is 0 Å². The SMILES string of the molecule is C[NH+]1CC[NH+](CCCCOc2ccccc2C#N)CC1. The van der Waals surface area contributed by atoms with Crippen molar-refractivity contribution in [3.63, 3.8) is 0 Å². The van der Waals surface area contributed by atoms with E-state index in [1.807, 2.05) is 18.2 Å². The summed E-state index contributed by atoms with van der Waals surface area (Å²) in [5, 5.41) is 8.98. The lowest BCUT2D eigenvalue weighted by molar-refractivity contribution is -1.00. The summed E-state index contributed by atoms with van der Waals surface area (Å²) in [6.45, 7) is 7.13. The maximum absolute atomic E-state index is 8.98. The Balaban J connectivity index is 1.61. The van der Waals surface area contributed by atoms with E-state index in [0.29, 0.717) is 17.9 Å². The molecule has 0 spiro atoms. The van der Waals surface area contributed by atoms with Crippen molar-refractivity contribution in [3.8, 4) is 11.8 Å². The molecule has 1 heterocycles. The number of rotatable bonds is 6. The molecule has 1 aliphatic heterocycles. The van der Waals surface area contributed by atoms with Crippen LogP contribution in [0.3, 0.4) is 0 Å². The molecule has 4 nitrogen and oxygen atoms in total. The minimum Gasteiger partial charge on any atom is -0.492 e. The zero-order valence-electron chi connectivity index (χ0n) is 12.3. The van der Waals surface area contributed by atoms with Crippen LogP contribution in [0.2, 0.25) is 0 Å². The van der Waals surface area contributed by atoms with Gasteiger partial charge in [0, 0.05) is 0 Å². The second-order valence-electron chi connectivity index (χ2n) is 5.62. The molecule has 1 aromatic carbocycles. The van der Waals surface area contributed by atoms with Gasteiger partial charge in [0.2, 0.25) is 0 Å². The van der Waals surface area contributed by atoms with Gasteiger partial charge in [0.1, 0.15) is 38.0 Å². The number of nitriles is 1. The third-order valence-electron chi connectivity index (χ3n) is 4.00. The standard InChI is InChI=1S/C16H23N3O/c1-18-9-11-19(12-10-18)8-4-5-13-20-16-7-3-2-6-15(16)14-17/h2-3,6-7H,4-5,8-13H2,1H3/p+2. The van der Waals surface area contributed by atoms with Crippen molar-refractivity contribution in [3.05, 3.63) is 29.8 Å². The lowest BCUT2D eigenvalue weighted by Gasteiger charge is -2.27. The fourth-order valence-corrected chi connectivity index (χ4v) is 2.62. The Kier molecular flexibility index (Phi) is 5.85. The molecule has 0 saturated carbocycles. The lowest BCUT2D eigenvalue weighted by atomic mass is 10.2. The van der Waals surface area contributed by atoms with Crippen LogP contribution in [0, 0.1) is 11.3 Å². The van der Waals surface area contributed by atoms with E-state index in [1.165, 1.54) is 39.1 Å². The van der Waals surface area contributed by atoms with Gasteiger partial charge in [-0.15, -0.1) is 0 Å². The summed E-state index contributed by atoms with van der Waals surface area (Å²) in [7, 11) is 2.28. The van der Waals surface area contributed by atoms with Gasteiger partial charge in [0.05, 0.1) is 25.8 Å². The highest BCUT2D eigenvalue weighted by molar-refractivity contribution is 5.42. The first kappa shape index (κ1) is 14.8. The molecule has 1 aromatic rings. The number of nitrogens with one attached hydrogen (secondary N) is 2. The number of quaternary nitrogens is 2. The molecular weight excluding hydrogens is 250 g/mol.